The van der Waals surface area contributed by atoms with E-state index in [1.54, 1.807) is 6.92 Å². The van der Waals surface area contributed by atoms with Gasteiger partial charge in [0.05, 0.1) is 6.10 Å². The number of rotatable bonds is 2. The Morgan fingerprint density at radius 1 is 1.33 bits per heavy atom. The molecule has 0 aromatic heterocycles. The molecule has 0 radical (unpaired) electrons. The molecule has 1 heterocycles. The molecule has 0 spiro atoms. The first kappa shape index (κ1) is 12.4. The number of aliphatic hydroxyl groups is 2. The van der Waals surface area contributed by atoms with Gasteiger partial charge in [0.25, 0.3) is 0 Å². The van der Waals surface area contributed by atoms with Crippen molar-refractivity contribution in [3.8, 4) is 0 Å². The fraction of sp³-hybridized carbons (Fsp3) is 0.889. The zero-order chi connectivity index (χ0) is 11.6. The summed E-state index contributed by atoms with van der Waals surface area (Å²) >= 11 is 0. The minimum Gasteiger partial charge on any atom is -0.454 e. The third kappa shape index (κ3) is 2.66. The minimum atomic E-state index is -1.28. The summed E-state index contributed by atoms with van der Waals surface area (Å²) in [7, 11) is 1.37. The maximum absolute atomic E-state index is 10.8. The van der Waals surface area contributed by atoms with E-state index < -0.39 is 36.7 Å². The molecule has 2 N–H and O–H groups in total. The molecule has 88 valence electrons. The van der Waals surface area contributed by atoms with Gasteiger partial charge < -0.3 is 24.4 Å². The maximum atomic E-state index is 10.8. The van der Waals surface area contributed by atoms with Gasteiger partial charge in [-0.3, -0.25) is 4.79 Å². The Labute approximate surface area is 87.7 Å². The predicted octanol–water partition coefficient (Wildman–Crippen LogP) is -0.969. The molecule has 1 fully saturated rings. The summed E-state index contributed by atoms with van der Waals surface area (Å²) in [6.07, 6.45) is -4.58. The van der Waals surface area contributed by atoms with E-state index in [4.69, 9.17) is 14.2 Å². The Bertz CT molecular complexity index is 231. The molecule has 0 bridgehead atoms. The molecule has 0 aromatic rings. The third-order valence-corrected chi connectivity index (χ3v) is 2.35. The van der Waals surface area contributed by atoms with Crippen LogP contribution in [-0.4, -0.2) is 54.0 Å². The van der Waals surface area contributed by atoms with E-state index in [2.05, 4.69) is 0 Å². The molecule has 0 amide bonds. The highest BCUT2D eigenvalue weighted by Gasteiger charge is 2.45. The van der Waals surface area contributed by atoms with Crippen LogP contribution in [0.5, 0.6) is 0 Å². The van der Waals surface area contributed by atoms with Gasteiger partial charge in [-0.15, -0.1) is 0 Å². The van der Waals surface area contributed by atoms with Crippen molar-refractivity contribution in [3.63, 3.8) is 0 Å². The zero-order valence-corrected chi connectivity index (χ0v) is 8.91. The Kier molecular flexibility index (Phi) is 4.04. The largest absolute Gasteiger partial charge is 0.454 e. The van der Waals surface area contributed by atoms with Crippen LogP contribution in [0.25, 0.3) is 0 Å². The second-order valence-corrected chi connectivity index (χ2v) is 3.50. The van der Waals surface area contributed by atoms with Crippen molar-refractivity contribution in [3.05, 3.63) is 0 Å². The summed E-state index contributed by atoms with van der Waals surface area (Å²) in [5.74, 6) is -0.563. The number of hydrogen-bond acceptors (Lipinski definition) is 6. The Morgan fingerprint density at radius 3 is 2.40 bits per heavy atom. The van der Waals surface area contributed by atoms with Crippen molar-refractivity contribution in [1.29, 1.82) is 0 Å². The number of aliphatic hydroxyl groups excluding tert-OH is 2. The molecule has 0 saturated carbocycles. The molecule has 1 rings (SSSR count). The van der Waals surface area contributed by atoms with Crippen molar-refractivity contribution in [1.82, 2.24) is 0 Å². The molecule has 6 heteroatoms. The van der Waals surface area contributed by atoms with Crippen molar-refractivity contribution in [2.45, 2.75) is 44.6 Å². The minimum absolute atomic E-state index is 0.563. The van der Waals surface area contributed by atoms with Gasteiger partial charge in [0.15, 0.2) is 12.4 Å². The van der Waals surface area contributed by atoms with Crippen LogP contribution in [0.4, 0.5) is 0 Å². The second-order valence-electron chi connectivity index (χ2n) is 3.50. The average Bonchev–Trinajstić information content (AvgIpc) is 2.14. The van der Waals surface area contributed by atoms with E-state index in [0.717, 1.165) is 0 Å². The number of esters is 1. The van der Waals surface area contributed by atoms with Gasteiger partial charge in [-0.1, -0.05) is 0 Å². The Morgan fingerprint density at radius 2 is 1.93 bits per heavy atom. The molecule has 0 unspecified atom stereocenters. The average molecular weight is 220 g/mol. The molecule has 1 aliphatic heterocycles. The van der Waals surface area contributed by atoms with E-state index in [9.17, 15) is 15.0 Å². The lowest BCUT2D eigenvalue weighted by Crippen LogP contribution is -2.58. The predicted molar refractivity (Wildman–Crippen MR) is 48.9 cm³/mol. The second kappa shape index (κ2) is 4.89. The fourth-order valence-electron chi connectivity index (χ4n) is 1.59. The summed E-state index contributed by atoms with van der Waals surface area (Å²) in [5, 5.41) is 19.2. The number of carbonyl (C=O) groups excluding carboxylic acids is 1. The summed E-state index contributed by atoms with van der Waals surface area (Å²) in [6.45, 7) is 2.81. The molecule has 1 aliphatic rings. The van der Waals surface area contributed by atoms with E-state index >= 15 is 0 Å². The molecule has 0 aromatic carbocycles. The van der Waals surface area contributed by atoms with Gasteiger partial charge in [0.2, 0.25) is 0 Å². The first-order valence-corrected chi connectivity index (χ1v) is 4.69. The van der Waals surface area contributed by atoms with Crippen LogP contribution in [-0.2, 0) is 19.0 Å². The first-order chi connectivity index (χ1) is 6.97. The number of ether oxygens (including phenoxy) is 3. The normalized spacial score (nSPS) is 41.3. The summed E-state index contributed by atoms with van der Waals surface area (Å²) in [4.78, 5) is 10.8. The smallest absolute Gasteiger partial charge is 0.303 e. The van der Waals surface area contributed by atoms with Gasteiger partial charge in [0, 0.05) is 14.0 Å². The maximum Gasteiger partial charge on any atom is 0.303 e. The van der Waals surface area contributed by atoms with Crippen molar-refractivity contribution in [2.24, 2.45) is 0 Å². The van der Waals surface area contributed by atoms with Crippen molar-refractivity contribution < 1.29 is 29.2 Å². The molecule has 6 nitrogen and oxygen atoms in total. The van der Waals surface area contributed by atoms with Crippen LogP contribution in [0.15, 0.2) is 0 Å². The van der Waals surface area contributed by atoms with Gasteiger partial charge in [-0.2, -0.15) is 0 Å². The number of hydrogen-bond donors (Lipinski definition) is 2. The molecule has 1 saturated heterocycles. The van der Waals surface area contributed by atoms with Crippen molar-refractivity contribution >= 4 is 5.97 Å². The topological polar surface area (TPSA) is 85.2 Å². The highest BCUT2D eigenvalue weighted by Crippen LogP contribution is 2.24. The van der Waals surface area contributed by atoms with E-state index in [-0.39, 0.29) is 0 Å². The van der Waals surface area contributed by atoms with Crippen LogP contribution in [0.1, 0.15) is 13.8 Å². The third-order valence-electron chi connectivity index (χ3n) is 2.35. The number of carbonyl (C=O) groups is 1. The number of methoxy groups -OCH3 is 1. The molecule has 15 heavy (non-hydrogen) atoms. The van der Waals surface area contributed by atoms with Gasteiger partial charge in [0.1, 0.15) is 12.2 Å². The Hall–Kier alpha value is -0.690. The van der Waals surface area contributed by atoms with Crippen LogP contribution in [0.3, 0.4) is 0 Å². The molecular formula is C9H16O6. The molecule has 5 atom stereocenters. The SMILES string of the molecule is CO[C@@H]1[C@H](O)[C@H](C)O[C@@H](O)[C@H]1OC(C)=O. The fourth-order valence-corrected chi connectivity index (χ4v) is 1.59. The summed E-state index contributed by atoms with van der Waals surface area (Å²) in [6, 6.07) is 0. The van der Waals surface area contributed by atoms with E-state index in [0.29, 0.717) is 0 Å². The van der Waals surface area contributed by atoms with Crippen LogP contribution < -0.4 is 0 Å². The first-order valence-electron chi connectivity index (χ1n) is 4.69. The van der Waals surface area contributed by atoms with Gasteiger partial charge in [-0.25, -0.2) is 0 Å². The highest BCUT2D eigenvalue weighted by atomic mass is 16.7. The molecular weight excluding hydrogens is 204 g/mol. The lowest BCUT2D eigenvalue weighted by atomic mass is 9.99. The standard InChI is InChI=1S/C9H16O6/c1-4-6(11)7(13-3)8(9(12)14-4)15-5(2)10/h4,6-9,11-12H,1-3H3/t4-,6+,7+,8-,9+/m0/s1. The Balaban J connectivity index is 2.76. The lowest BCUT2D eigenvalue weighted by Gasteiger charge is -2.40. The van der Waals surface area contributed by atoms with Crippen molar-refractivity contribution in [2.75, 3.05) is 7.11 Å². The molecule has 0 aliphatic carbocycles. The highest BCUT2D eigenvalue weighted by molar-refractivity contribution is 5.66. The lowest BCUT2D eigenvalue weighted by molar-refractivity contribution is -0.286. The van der Waals surface area contributed by atoms with Crippen LogP contribution in [0, 0.1) is 0 Å². The monoisotopic (exact) mass is 220 g/mol. The van der Waals surface area contributed by atoms with Gasteiger partial charge >= 0.3 is 5.97 Å². The summed E-state index contributed by atoms with van der Waals surface area (Å²) < 4.78 is 14.8. The van der Waals surface area contributed by atoms with Crippen LogP contribution in [0.2, 0.25) is 0 Å². The quantitative estimate of drug-likeness (QED) is 0.582. The van der Waals surface area contributed by atoms with E-state index in [1.807, 2.05) is 0 Å². The summed E-state index contributed by atoms with van der Waals surface area (Å²) in [5.41, 5.74) is 0. The van der Waals surface area contributed by atoms with Gasteiger partial charge in [-0.05, 0) is 6.92 Å². The zero-order valence-electron chi connectivity index (χ0n) is 8.91. The van der Waals surface area contributed by atoms with E-state index in [1.165, 1.54) is 14.0 Å². The van der Waals surface area contributed by atoms with Crippen LogP contribution >= 0.6 is 0 Å².